The van der Waals surface area contributed by atoms with Crippen LogP contribution in [0.25, 0.3) is 0 Å². The van der Waals surface area contributed by atoms with Gasteiger partial charge in [0.15, 0.2) is 5.13 Å². The number of hydrogen-bond acceptors (Lipinski definition) is 5. The Balaban J connectivity index is 2.29. The third-order valence-corrected chi connectivity index (χ3v) is 4.96. The van der Waals surface area contributed by atoms with Crippen molar-refractivity contribution in [3.63, 3.8) is 0 Å². The molecule has 24 heavy (non-hydrogen) atoms. The van der Waals surface area contributed by atoms with E-state index in [1.54, 1.807) is 11.8 Å². The van der Waals surface area contributed by atoms with Crippen molar-refractivity contribution in [3.05, 3.63) is 40.9 Å². The molecule has 1 heterocycles. The largest absolute Gasteiger partial charge is 0.395 e. The zero-order valence-electron chi connectivity index (χ0n) is 14.7. The molecular formula is C18H25N3O2S. The van der Waals surface area contributed by atoms with Gasteiger partial charge in [-0.1, -0.05) is 25.1 Å². The summed E-state index contributed by atoms with van der Waals surface area (Å²) in [5, 5.41) is 11.9. The average Bonchev–Trinajstić information content (AvgIpc) is 3.02. The highest BCUT2D eigenvalue weighted by Crippen LogP contribution is 2.32. The van der Waals surface area contributed by atoms with Crippen LogP contribution < -0.4 is 4.90 Å². The van der Waals surface area contributed by atoms with Crippen molar-refractivity contribution >= 4 is 28.1 Å². The molecule has 0 aliphatic heterocycles. The highest BCUT2D eigenvalue weighted by molar-refractivity contribution is 7.14. The normalized spacial score (nSPS) is 12.4. The summed E-state index contributed by atoms with van der Waals surface area (Å²) in [6, 6.07) is 7.99. The Morgan fingerprint density at radius 2 is 2.08 bits per heavy atom. The van der Waals surface area contributed by atoms with E-state index in [0.717, 1.165) is 23.4 Å². The van der Waals surface area contributed by atoms with E-state index < -0.39 is 0 Å². The fraction of sp³-hybridized carbons (Fsp3) is 0.444. The molecule has 0 aliphatic carbocycles. The predicted molar refractivity (Wildman–Crippen MR) is 98.8 cm³/mol. The van der Waals surface area contributed by atoms with Crippen molar-refractivity contribution in [2.24, 2.45) is 0 Å². The van der Waals surface area contributed by atoms with E-state index >= 15 is 0 Å². The number of aryl methyl sites for hydroxylation is 1. The molecule has 1 aromatic heterocycles. The van der Waals surface area contributed by atoms with E-state index in [1.807, 2.05) is 48.5 Å². The van der Waals surface area contributed by atoms with E-state index in [9.17, 15) is 9.90 Å². The summed E-state index contributed by atoms with van der Waals surface area (Å²) in [6.45, 7) is 6.35. The first kappa shape index (κ1) is 18.6. The van der Waals surface area contributed by atoms with Gasteiger partial charge in [0, 0.05) is 24.9 Å². The van der Waals surface area contributed by atoms with Gasteiger partial charge in [0.25, 0.3) is 0 Å². The number of hydrogen-bond donors (Lipinski definition) is 1. The number of rotatable bonds is 7. The molecule has 130 valence electrons. The number of likely N-dealkylation sites (N-methyl/N-ethyl adjacent to an activating group) is 1. The predicted octanol–water partition coefficient (Wildman–Crippen LogP) is 3.20. The minimum Gasteiger partial charge on any atom is -0.395 e. The maximum atomic E-state index is 12.2. The molecule has 0 saturated heterocycles. The van der Waals surface area contributed by atoms with Crippen molar-refractivity contribution in [2.75, 3.05) is 18.6 Å². The van der Waals surface area contributed by atoms with Gasteiger partial charge in [0.1, 0.15) is 0 Å². The Kier molecular flexibility index (Phi) is 6.48. The molecule has 2 rings (SSSR count). The molecule has 0 saturated carbocycles. The van der Waals surface area contributed by atoms with Crippen molar-refractivity contribution in [3.8, 4) is 0 Å². The van der Waals surface area contributed by atoms with Gasteiger partial charge in [-0.15, -0.1) is 11.3 Å². The van der Waals surface area contributed by atoms with E-state index in [0.29, 0.717) is 11.7 Å². The van der Waals surface area contributed by atoms with Gasteiger partial charge in [-0.3, -0.25) is 14.6 Å². The van der Waals surface area contributed by atoms with Gasteiger partial charge >= 0.3 is 0 Å². The van der Waals surface area contributed by atoms with E-state index in [4.69, 9.17) is 0 Å². The van der Waals surface area contributed by atoms with E-state index in [1.165, 1.54) is 11.3 Å². The fourth-order valence-electron chi connectivity index (χ4n) is 2.46. The number of amides is 1. The SMILES string of the molecule is CCc1ccccc1N(C(C)=O)c1nc(CN(C)C(C)CO)cs1. The van der Waals surface area contributed by atoms with Crippen LogP contribution in [0.1, 0.15) is 32.0 Å². The van der Waals surface area contributed by atoms with Crippen LogP contribution in [0.5, 0.6) is 0 Å². The lowest BCUT2D eigenvalue weighted by Gasteiger charge is -2.22. The number of aliphatic hydroxyl groups excluding tert-OH is 1. The molecule has 0 radical (unpaired) electrons. The highest BCUT2D eigenvalue weighted by Gasteiger charge is 2.20. The first-order valence-electron chi connectivity index (χ1n) is 8.12. The number of aliphatic hydroxyl groups is 1. The monoisotopic (exact) mass is 347 g/mol. The second kappa shape index (κ2) is 8.37. The Bertz CT molecular complexity index is 686. The minimum atomic E-state index is -0.0473. The first-order chi connectivity index (χ1) is 11.5. The minimum absolute atomic E-state index is 0.0473. The molecule has 0 spiro atoms. The number of carbonyl (C=O) groups is 1. The number of thiazole rings is 1. The summed E-state index contributed by atoms with van der Waals surface area (Å²) in [5.41, 5.74) is 2.92. The molecular weight excluding hydrogens is 322 g/mol. The molecule has 1 N–H and O–H groups in total. The van der Waals surface area contributed by atoms with Crippen LogP contribution in [0.3, 0.4) is 0 Å². The summed E-state index contributed by atoms with van der Waals surface area (Å²) in [7, 11) is 1.95. The third kappa shape index (κ3) is 4.20. The quantitative estimate of drug-likeness (QED) is 0.836. The van der Waals surface area contributed by atoms with Crippen LogP contribution in [-0.2, 0) is 17.8 Å². The Labute approximate surface area is 147 Å². The first-order valence-corrected chi connectivity index (χ1v) is 9.00. The van der Waals surface area contributed by atoms with Crippen molar-refractivity contribution in [1.82, 2.24) is 9.88 Å². The molecule has 5 nitrogen and oxygen atoms in total. The number of benzene rings is 1. The highest BCUT2D eigenvalue weighted by atomic mass is 32.1. The van der Waals surface area contributed by atoms with Gasteiger partial charge < -0.3 is 5.11 Å². The second-order valence-electron chi connectivity index (χ2n) is 5.90. The molecule has 0 aliphatic rings. The van der Waals surface area contributed by atoms with Crippen molar-refractivity contribution in [1.29, 1.82) is 0 Å². The molecule has 1 atom stereocenters. The van der Waals surface area contributed by atoms with Crippen molar-refractivity contribution < 1.29 is 9.90 Å². The Hall–Kier alpha value is -1.76. The smallest absolute Gasteiger partial charge is 0.230 e. The fourth-order valence-corrected chi connectivity index (χ4v) is 3.33. The number of carbonyl (C=O) groups excluding carboxylic acids is 1. The maximum Gasteiger partial charge on any atom is 0.230 e. The third-order valence-electron chi connectivity index (χ3n) is 4.09. The molecule has 1 unspecified atom stereocenters. The second-order valence-corrected chi connectivity index (χ2v) is 6.74. The van der Waals surface area contributed by atoms with Crippen LogP contribution in [0.4, 0.5) is 10.8 Å². The number of nitrogens with zero attached hydrogens (tertiary/aromatic N) is 3. The van der Waals surface area contributed by atoms with Gasteiger partial charge in [-0.05, 0) is 32.0 Å². The van der Waals surface area contributed by atoms with Crippen LogP contribution >= 0.6 is 11.3 Å². The lowest BCUT2D eigenvalue weighted by atomic mass is 10.1. The maximum absolute atomic E-state index is 12.2. The summed E-state index contributed by atoms with van der Waals surface area (Å²) in [6.07, 6.45) is 0.856. The lowest BCUT2D eigenvalue weighted by Crippen LogP contribution is -2.31. The van der Waals surface area contributed by atoms with Gasteiger partial charge in [0.05, 0.1) is 18.0 Å². The summed E-state index contributed by atoms with van der Waals surface area (Å²) >= 11 is 1.47. The molecule has 0 fully saturated rings. The number of aromatic nitrogens is 1. The molecule has 2 aromatic rings. The van der Waals surface area contributed by atoms with Crippen LogP contribution in [0.2, 0.25) is 0 Å². The van der Waals surface area contributed by atoms with Crippen molar-refractivity contribution in [2.45, 2.75) is 39.8 Å². The van der Waals surface area contributed by atoms with Crippen LogP contribution in [-0.4, -0.2) is 40.6 Å². The Morgan fingerprint density at radius 3 is 2.71 bits per heavy atom. The standard InChI is InChI=1S/C18H25N3O2S/c1-5-15-8-6-7-9-17(15)21(14(3)23)18-19-16(12-24-18)10-20(4)13(2)11-22/h6-9,12-13,22H,5,10-11H2,1-4H3. The molecule has 1 amide bonds. The van der Waals surface area contributed by atoms with Gasteiger partial charge in [0.2, 0.25) is 5.91 Å². The molecule has 1 aromatic carbocycles. The summed E-state index contributed by atoms with van der Waals surface area (Å²) < 4.78 is 0. The summed E-state index contributed by atoms with van der Waals surface area (Å²) in [5.74, 6) is -0.0473. The topological polar surface area (TPSA) is 56.7 Å². The van der Waals surface area contributed by atoms with E-state index in [-0.39, 0.29) is 18.6 Å². The average molecular weight is 347 g/mol. The molecule has 0 bridgehead atoms. The Morgan fingerprint density at radius 1 is 1.38 bits per heavy atom. The zero-order valence-corrected chi connectivity index (χ0v) is 15.5. The van der Waals surface area contributed by atoms with Crippen LogP contribution in [0, 0.1) is 0 Å². The van der Waals surface area contributed by atoms with Gasteiger partial charge in [-0.25, -0.2) is 4.98 Å². The zero-order chi connectivity index (χ0) is 17.7. The summed E-state index contributed by atoms with van der Waals surface area (Å²) in [4.78, 5) is 20.6. The van der Waals surface area contributed by atoms with Crippen LogP contribution in [0.15, 0.2) is 29.6 Å². The number of para-hydroxylation sites is 1. The molecule has 6 heteroatoms. The number of anilines is 2. The van der Waals surface area contributed by atoms with Gasteiger partial charge in [-0.2, -0.15) is 0 Å². The van der Waals surface area contributed by atoms with E-state index in [2.05, 4.69) is 11.9 Å². The lowest BCUT2D eigenvalue weighted by molar-refractivity contribution is -0.115.